The van der Waals surface area contributed by atoms with Crippen molar-refractivity contribution < 1.29 is 14.5 Å². The largest absolute Gasteiger partial charge is 0.495 e. The number of hydrogen-bond acceptors (Lipinski definition) is 5. The van der Waals surface area contributed by atoms with Gasteiger partial charge in [-0.1, -0.05) is 23.7 Å². The summed E-state index contributed by atoms with van der Waals surface area (Å²) in [6, 6.07) is 11.2. The lowest BCUT2D eigenvalue weighted by atomic mass is 10.2. The molecule has 0 aromatic heterocycles. The number of nitrogens with one attached hydrogen (secondary N) is 2. The third kappa shape index (κ3) is 4.60. The van der Waals surface area contributed by atoms with Crippen molar-refractivity contribution in [2.45, 2.75) is 6.42 Å². The Hall–Kier alpha value is -2.80. The van der Waals surface area contributed by atoms with Gasteiger partial charge in [0, 0.05) is 24.7 Å². The van der Waals surface area contributed by atoms with E-state index in [1.165, 1.54) is 13.2 Å². The van der Waals surface area contributed by atoms with Crippen LogP contribution in [-0.4, -0.2) is 24.5 Å². The van der Waals surface area contributed by atoms with Crippen LogP contribution in [0.15, 0.2) is 42.5 Å². The molecule has 0 aliphatic heterocycles. The molecule has 0 saturated heterocycles. The second-order valence-electron chi connectivity index (χ2n) is 4.85. The van der Waals surface area contributed by atoms with Crippen molar-refractivity contribution in [2.24, 2.45) is 0 Å². The summed E-state index contributed by atoms with van der Waals surface area (Å²) >= 11 is 5.99. The Labute approximate surface area is 143 Å². The van der Waals surface area contributed by atoms with Crippen molar-refractivity contribution in [3.8, 4) is 5.75 Å². The molecule has 0 unspecified atom stereocenters. The van der Waals surface area contributed by atoms with Crippen LogP contribution in [0.25, 0.3) is 0 Å². The molecule has 0 saturated carbocycles. The second-order valence-corrected chi connectivity index (χ2v) is 5.26. The van der Waals surface area contributed by atoms with Crippen LogP contribution in [0.2, 0.25) is 5.02 Å². The van der Waals surface area contributed by atoms with Gasteiger partial charge in [-0.2, -0.15) is 0 Å². The quantitative estimate of drug-likeness (QED) is 0.587. The Morgan fingerprint density at radius 3 is 2.71 bits per heavy atom. The lowest BCUT2D eigenvalue weighted by Crippen LogP contribution is -2.16. The van der Waals surface area contributed by atoms with Crippen LogP contribution < -0.4 is 15.4 Å². The van der Waals surface area contributed by atoms with Gasteiger partial charge < -0.3 is 15.4 Å². The number of anilines is 2. The lowest BCUT2D eigenvalue weighted by molar-refractivity contribution is -0.384. The number of nitrogens with zero attached hydrogens (tertiary/aromatic N) is 1. The lowest BCUT2D eigenvalue weighted by Gasteiger charge is -2.09. The van der Waals surface area contributed by atoms with E-state index in [2.05, 4.69) is 10.6 Å². The summed E-state index contributed by atoms with van der Waals surface area (Å²) in [6.45, 7) is 0.264. The average Bonchev–Trinajstić information content (AvgIpc) is 2.55. The first-order chi connectivity index (χ1) is 11.5. The topological polar surface area (TPSA) is 93.5 Å². The maximum Gasteiger partial charge on any atom is 0.292 e. The molecule has 1 amide bonds. The molecule has 0 radical (unpaired) electrons. The van der Waals surface area contributed by atoms with Gasteiger partial charge in [-0.25, -0.2) is 0 Å². The molecule has 126 valence electrons. The van der Waals surface area contributed by atoms with E-state index < -0.39 is 4.92 Å². The number of amides is 1. The van der Waals surface area contributed by atoms with Crippen molar-refractivity contribution in [2.75, 3.05) is 24.3 Å². The van der Waals surface area contributed by atoms with Crippen LogP contribution in [-0.2, 0) is 4.79 Å². The van der Waals surface area contributed by atoms with Gasteiger partial charge in [-0.05, 0) is 24.3 Å². The summed E-state index contributed by atoms with van der Waals surface area (Å²) in [4.78, 5) is 22.4. The van der Waals surface area contributed by atoms with E-state index in [9.17, 15) is 14.9 Å². The third-order valence-corrected chi connectivity index (χ3v) is 3.50. The molecule has 8 heteroatoms. The van der Waals surface area contributed by atoms with Crippen LogP contribution in [0.1, 0.15) is 6.42 Å². The highest BCUT2D eigenvalue weighted by Crippen LogP contribution is 2.27. The molecule has 0 heterocycles. The fourth-order valence-electron chi connectivity index (χ4n) is 2.06. The van der Waals surface area contributed by atoms with Crippen molar-refractivity contribution in [1.82, 2.24) is 0 Å². The predicted molar refractivity (Wildman–Crippen MR) is 92.8 cm³/mol. The first-order valence-corrected chi connectivity index (χ1v) is 7.49. The molecule has 0 bridgehead atoms. The standard InChI is InChI=1S/C16H16ClN3O4/c1-24-15-7-6-11(10-12(15)17)19-16(21)8-9-18-13-4-2-3-5-14(13)20(22)23/h2-7,10,18H,8-9H2,1H3,(H,19,21). The van der Waals surface area contributed by atoms with Crippen molar-refractivity contribution in [3.63, 3.8) is 0 Å². The van der Waals surface area contributed by atoms with E-state index in [0.29, 0.717) is 22.1 Å². The zero-order valence-electron chi connectivity index (χ0n) is 12.9. The van der Waals surface area contributed by atoms with Crippen molar-refractivity contribution in [1.29, 1.82) is 0 Å². The highest BCUT2D eigenvalue weighted by Gasteiger charge is 2.12. The number of ether oxygens (including phenoxy) is 1. The number of rotatable bonds is 7. The molecule has 0 aliphatic carbocycles. The molecule has 0 fully saturated rings. The Morgan fingerprint density at radius 1 is 1.29 bits per heavy atom. The number of nitro benzene ring substituents is 1. The Morgan fingerprint density at radius 2 is 2.04 bits per heavy atom. The summed E-state index contributed by atoms with van der Waals surface area (Å²) in [5.74, 6) is 0.287. The van der Waals surface area contributed by atoms with Gasteiger partial charge in [-0.3, -0.25) is 14.9 Å². The van der Waals surface area contributed by atoms with Gasteiger partial charge in [0.1, 0.15) is 11.4 Å². The molecule has 7 nitrogen and oxygen atoms in total. The van der Waals surface area contributed by atoms with Gasteiger partial charge in [0.2, 0.25) is 5.91 Å². The van der Waals surface area contributed by atoms with E-state index >= 15 is 0 Å². The highest BCUT2D eigenvalue weighted by molar-refractivity contribution is 6.32. The van der Waals surface area contributed by atoms with E-state index in [4.69, 9.17) is 16.3 Å². The van der Waals surface area contributed by atoms with Crippen LogP contribution >= 0.6 is 11.6 Å². The minimum absolute atomic E-state index is 0.0279. The monoisotopic (exact) mass is 349 g/mol. The van der Waals surface area contributed by atoms with E-state index in [1.54, 1.807) is 36.4 Å². The smallest absolute Gasteiger partial charge is 0.292 e. The van der Waals surface area contributed by atoms with Crippen molar-refractivity contribution in [3.05, 3.63) is 57.6 Å². The number of nitro groups is 1. The zero-order valence-corrected chi connectivity index (χ0v) is 13.7. The molecule has 0 atom stereocenters. The predicted octanol–water partition coefficient (Wildman–Crippen LogP) is 3.70. The van der Waals surface area contributed by atoms with Crippen LogP contribution in [0.4, 0.5) is 17.1 Å². The number of hydrogen-bond donors (Lipinski definition) is 2. The average molecular weight is 350 g/mol. The van der Waals surface area contributed by atoms with Crippen LogP contribution in [0.3, 0.4) is 0 Å². The van der Waals surface area contributed by atoms with Gasteiger partial charge in [0.25, 0.3) is 5.69 Å². The van der Waals surface area contributed by atoms with Crippen LogP contribution in [0.5, 0.6) is 5.75 Å². The van der Waals surface area contributed by atoms with E-state index in [-0.39, 0.29) is 24.6 Å². The number of methoxy groups -OCH3 is 1. The Balaban J connectivity index is 1.88. The number of carbonyl (C=O) groups is 1. The Kier molecular flexibility index (Phi) is 5.97. The Bertz CT molecular complexity index is 752. The summed E-state index contributed by atoms with van der Waals surface area (Å²) in [5.41, 5.74) is 0.902. The van der Waals surface area contributed by atoms with Crippen LogP contribution in [0, 0.1) is 10.1 Å². The van der Waals surface area contributed by atoms with Gasteiger partial charge in [0.05, 0.1) is 17.1 Å². The summed E-state index contributed by atoms with van der Waals surface area (Å²) in [7, 11) is 1.51. The number of para-hydroxylation sites is 2. The molecule has 0 aliphatic rings. The number of carbonyl (C=O) groups excluding carboxylic acids is 1. The molecule has 0 spiro atoms. The molecule has 2 N–H and O–H groups in total. The maximum atomic E-state index is 11.9. The molecule has 2 rings (SSSR count). The highest BCUT2D eigenvalue weighted by atomic mass is 35.5. The zero-order chi connectivity index (χ0) is 17.5. The minimum Gasteiger partial charge on any atom is -0.495 e. The third-order valence-electron chi connectivity index (χ3n) is 3.20. The SMILES string of the molecule is COc1ccc(NC(=O)CCNc2ccccc2[N+](=O)[O-])cc1Cl. The van der Waals surface area contributed by atoms with Gasteiger partial charge in [-0.15, -0.1) is 0 Å². The molecule has 24 heavy (non-hydrogen) atoms. The fourth-order valence-corrected chi connectivity index (χ4v) is 2.32. The van der Waals surface area contributed by atoms with Crippen molar-refractivity contribution >= 4 is 34.6 Å². The molecular formula is C16H16ClN3O4. The van der Waals surface area contributed by atoms with E-state index in [0.717, 1.165) is 0 Å². The fraction of sp³-hybridized carbons (Fsp3) is 0.188. The molecule has 2 aromatic rings. The summed E-state index contributed by atoms with van der Waals surface area (Å²) in [6.07, 6.45) is 0.149. The van der Waals surface area contributed by atoms with Gasteiger partial charge in [0.15, 0.2) is 0 Å². The first-order valence-electron chi connectivity index (χ1n) is 7.12. The molecular weight excluding hydrogens is 334 g/mol. The summed E-state index contributed by atoms with van der Waals surface area (Å²) < 4.78 is 5.04. The minimum atomic E-state index is -0.470. The number of benzene rings is 2. The van der Waals surface area contributed by atoms with Gasteiger partial charge >= 0.3 is 0 Å². The van der Waals surface area contributed by atoms with E-state index in [1.807, 2.05) is 0 Å². The first kappa shape index (κ1) is 17.6. The maximum absolute atomic E-state index is 11.9. The second kappa shape index (κ2) is 8.16. The molecule has 2 aromatic carbocycles. The number of halogens is 1. The summed E-state index contributed by atoms with van der Waals surface area (Å²) in [5, 5.41) is 16.9. The normalized spacial score (nSPS) is 10.1.